The van der Waals surface area contributed by atoms with Crippen LogP contribution in [-0.2, 0) is 4.79 Å². The number of aromatic amines is 1. The van der Waals surface area contributed by atoms with Crippen LogP contribution in [0.3, 0.4) is 0 Å². The highest BCUT2D eigenvalue weighted by Crippen LogP contribution is 2.32. The van der Waals surface area contributed by atoms with Gasteiger partial charge in [-0.05, 0) is 37.5 Å². The van der Waals surface area contributed by atoms with Gasteiger partial charge in [-0.15, -0.1) is 0 Å². The van der Waals surface area contributed by atoms with Crippen LogP contribution in [0.4, 0.5) is 9.18 Å². The molecule has 1 fully saturated rings. The van der Waals surface area contributed by atoms with Crippen LogP contribution in [0.1, 0.15) is 37.0 Å². The van der Waals surface area contributed by atoms with Crippen LogP contribution < -0.4 is 5.32 Å². The maximum atomic E-state index is 14.3. The van der Waals surface area contributed by atoms with Crippen LogP contribution in [0, 0.1) is 25.6 Å². The summed E-state index contributed by atoms with van der Waals surface area (Å²) in [6.45, 7) is 7.43. The number of imidazole rings is 1. The first-order valence-electron chi connectivity index (χ1n) is 8.22. The van der Waals surface area contributed by atoms with Crippen LogP contribution >= 0.6 is 0 Å². The number of urea groups is 1. The topological polar surface area (TPSA) is 78.1 Å². The predicted molar refractivity (Wildman–Crippen MR) is 91.3 cm³/mol. The quantitative estimate of drug-likeness (QED) is 0.837. The Balaban J connectivity index is 2.05. The van der Waals surface area contributed by atoms with Crippen molar-refractivity contribution in [2.45, 2.75) is 33.7 Å². The second-order valence-electron chi connectivity index (χ2n) is 6.69. The molecule has 0 spiro atoms. The molecule has 25 heavy (non-hydrogen) atoms. The van der Waals surface area contributed by atoms with Gasteiger partial charge in [-0.3, -0.25) is 9.69 Å². The number of rotatable bonds is 4. The second-order valence-corrected chi connectivity index (χ2v) is 6.69. The van der Waals surface area contributed by atoms with Crippen molar-refractivity contribution >= 4 is 11.9 Å². The molecule has 0 bridgehead atoms. The van der Waals surface area contributed by atoms with Gasteiger partial charge in [0.2, 0.25) is 0 Å². The molecule has 0 aliphatic carbocycles. The van der Waals surface area contributed by atoms with Crippen LogP contribution in [0.25, 0.3) is 11.3 Å². The Kier molecular flexibility index (Phi) is 4.32. The van der Waals surface area contributed by atoms with Gasteiger partial charge in [0, 0.05) is 11.3 Å². The van der Waals surface area contributed by atoms with E-state index in [1.165, 1.54) is 11.0 Å². The summed E-state index contributed by atoms with van der Waals surface area (Å²) in [6, 6.07) is 4.01. The molecule has 1 atom stereocenters. The number of nitrogens with zero attached hydrogens (tertiary/aromatic N) is 2. The van der Waals surface area contributed by atoms with Crippen LogP contribution in [0.2, 0.25) is 0 Å². The van der Waals surface area contributed by atoms with Gasteiger partial charge in [-0.1, -0.05) is 19.9 Å². The van der Waals surface area contributed by atoms with Crippen molar-refractivity contribution in [3.8, 4) is 11.3 Å². The third kappa shape index (κ3) is 3.01. The van der Waals surface area contributed by atoms with Crippen molar-refractivity contribution in [1.82, 2.24) is 20.2 Å². The molecule has 1 aromatic carbocycles. The smallest absolute Gasteiger partial charge is 0.325 e. The van der Waals surface area contributed by atoms with Crippen molar-refractivity contribution in [2.24, 2.45) is 5.92 Å². The molecule has 1 aliphatic rings. The first kappa shape index (κ1) is 17.1. The van der Waals surface area contributed by atoms with E-state index >= 15 is 0 Å². The summed E-state index contributed by atoms with van der Waals surface area (Å²) in [4.78, 5) is 33.0. The highest BCUT2D eigenvalue weighted by Gasteiger charge is 2.39. The van der Waals surface area contributed by atoms with E-state index in [9.17, 15) is 14.0 Å². The molecule has 0 radical (unpaired) electrons. The SMILES string of the molecule is Cc1ccc(-c2nc([C@H](C(C)C)N3C(=O)CNC3=O)[nH]c2C)c(F)c1. The highest BCUT2D eigenvalue weighted by molar-refractivity contribution is 6.02. The molecule has 0 unspecified atom stereocenters. The number of aryl methyl sites for hydroxylation is 2. The summed E-state index contributed by atoms with van der Waals surface area (Å²) >= 11 is 0. The van der Waals surface area contributed by atoms with Crippen molar-refractivity contribution in [1.29, 1.82) is 0 Å². The summed E-state index contributed by atoms with van der Waals surface area (Å²) in [5.41, 5.74) is 2.40. The normalized spacial score (nSPS) is 15.8. The van der Waals surface area contributed by atoms with Gasteiger partial charge in [0.15, 0.2) is 0 Å². The van der Waals surface area contributed by atoms with Gasteiger partial charge >= 0.3 is 6.03 Å². The summed E-state index contributed by atoms with van der Waals surface area (Å²) in [6.07, 6.45) is 0. The van der Waals surface area contributed by atoms with Crippen molar-refractivity contribution in [3.63, 3.8) is 0 Å². The van der Waals surface area contributed by atoms with Gasteiger partial charge in [-0.2, -0.15) is 0 Å². The Hall–Kier alpha value is -2.70. The van der Waals surface area contributed by atoms with Crippen molar-refractivity contribution in [3.05, 3.63) is 41.1 Å². The maximum absolute atomic E-state index is 14.3. The third-order valence-electron chi connectivity index (χ3n) is 4.35. The number of imide groups is 1. The van der Waals surface area contributed by atoms with E-state index in [4.69, 9.17) is 0 Å². The molecular formula is C18H21FN4O2. The average Bonchev–Trinajstić information content (AvgIpc) is 3.05. The van der Waals surface area contributed by atoms with Gasteiger partial charge in [0.05, 0.1) is 12.2 Å². The molecule has 2 N–H and O–H groups in total. The lowest BCUT2D eigenvalue weighted by molar-refractivity contribution is -0.127. The fourth-order valence-electron chi connectivity index (χ4n) is 3.15. The number of halogens is 1. The highest BCUT2D eigenvalue weighted by atomic mass is 19.1. The summed E-state index contributed by atoms with van der Waals surface area (Å²) in [5, 5.41) is 2.53. The molecule has 7 heteroatoms. The monoisotopic (exact) mass is 344 g/mol. The number of carbonyl (C=O) groups excluding carboxylic acids is 2. The third-order valence-corrected chi connectivity index (χ3v) is 4.35. The lowest BCUT2D eigenvalue weighted by atomic mass is 10.0. The van der Waals surface area contributed by atoms with Gasteiger partial charge in [0.25, 0.3) is 5.91 Å². The Morgan fingerprint density at radius 1 is 1.24 bits per heavy atom. The van der Waals surface area contributed by atoms with E-state index in [-0.39, 0.29) is 24.2 Å². The number of hydrogen-bond donors (Lipinski definition) is 2. The minimum absolute atomic E-state index is 0.0127. The largest absolute Gasteiger partial charge is 0.344 e. The van der Waals surface area contributed by atoms with E-state index in [0.717, 1.165) is 5.56 Å². The minimum Gasteiger partial charge on any atom is -0.344 e. The number of hydrogen-bond acceptors (Lipinski definition) is 3. The van der Waals surface area contributed by atoms with E-state index in [2.05, 4.69) is 15.3 Å². The zero-order chi connectivity index (χ0) is 18.3. The van der Waals surface area contributed by atoms with Gasteiger partial charge in [0.1, 0.15) is 17.7 Å². The number of nitrogens with one attached hydrogen (secondary N) is 2. The zero-order valence-corrected chi connectivity index (χ0v) is 14.7. The Morgan fingerprint density at radius 2 is 1.96 bits per heavy atom. The number of benzene rings is 1. The molecule has 1 saturated heterocycles. The number of carbonyl (C=O) groups is 2. The number of H-pyrrole nitrogens is 1. The molecule has 1 aromatic heterocycles. The average molecular weight is 344 g/mol. The van der Waals surface area contributed by atoms with Gasteiger partial charge < -0.3 is 10.3 Å². The maximum Gasteiger partial charge on any atom is 0.325 e. The molecular weight excluding hydrogens is 323 g/mol. The van der Waals surface area contributed by atoms with E-state index in [0.29, 0.717) is 22.8 Å². The van der Waals surface area contributed by atoms with Crippen molar-refractivity contribution in [2.75, 3.05) is 6.54 Å². The second kappa shape index (κ2) is 6.31. The Labute approximate surface area is 145 Å². The van der Waals surface area contributed by atoms with E-state index in [1.54, 1.807) is 13.0 Å². The zero-order valence-electron chi connectivity index (χ0n) is 14.7. The Bertz CT molecular complexity index is 828. The molecule has 2 heterocycles. The lowest BCUT2D eigenvalue weighted by Crippen LogP contribution is -2.38. The first-order valence-corrected chi connectivity index (χ1v) is 8.22. The van der Waals surface area contributed by atoms with E-state index < -0.39 is 12.1 Å². The molecule has 3 amide bonds. The van der Waals surface area contributed by atoms with Gasteiger partial charge in [-0.25, -0.2) is 14.2 Å². The molecule has 6 nitrogen and oxygen atoms in total. The standard InChI is InChI=1S/C18H21FN4O2/c1-9(2)16(23-14(24)8-20-18(23)25)17-21-11(4)15(22-17)12-6-5-10(3)7-13(12)19/h5-7,9,16H,8H2,1-4H3,(H,20,25)(H,21,22)/t16-/m0/s1. The molecule has 0 saturated carbocycles. The molecule has 1 aliphatic heterocycles. The van der Waals surface area contributed by atoms with Crippen LogP contribution in [0.15, 0.2) is 18.2 Å². The molecule has 132 valence electrons. The van der Waals surface area contributed by atoms with Crippen molar-refractivity contribution < 1.29 is 14.0 Å². The molecule has 3 rings (SSSR count). The molecule has 2 aromatic rings. The fraction of sp³-hybridized carbons (Fsp3) is 0.389. The Morgan fingerprint density at radius 3 is 2.52 bits per heavy atom. The number of aromatic nitrogens is 2. The van der Waals surface area contributed by atoms with E-state index in [1.807, 2.05) is 26.8 Å². The first-order chi connectivity index (χ1) is 11.8. The van der Waals surface area contributed by atoms with Crippen LogP contribution in [-0.4, -0.2) is 33.4 Å². The number of amides is 3. The lowest BCUT2D eigenvalue weighted by Gasteiger charge is -2.26. The fourth-order valence-corrected chi connectivity index (χ4v) is 3.15. The predicted octanol–water partition coefficient (Wildman–Crippen LogP) is 3.08. The summed E-state index contributed by atoms with van der Waals surface area (Å²) in [5.74, 6) is -0.208. The van der Waals surface area contributed by atoms with Crippen LogP contribution in [0.5, 0.6) is 0 Å². The summed E-state index contributed by atoms with van der Waals surface area (Å²) in [7, 11) is 0. The summed E-state index contributed by atoms with van der Waals surface area (Å²) < 4.78 is 14.3. The minimum atomic E-state index is -0.532.